The second-order valence-electron chi connectivity index (χ2n) is 10.2. The number of hydrogen-bond donors (Lipinski definition) is 0. The average molecular weight is 549 g/mol. The van der Waals surface area contributed by atoms with E-state index in [4.69, 9.17) is 4.74 Å². The van der Waals surface area contributed by atoms with Crippen molar-refractivity contribution in [2.75, 3.05) is 20.1 Å². The quantitative estimate of drug-likeness (QED) is 0.495. The summed E-state index contributed by atoms with van der Waals surface area (Å²) < 4.78 is 45.9. The zero-order chi connectivity index (χ0) is 27.0. The van der Waals surface area contributed by atoms with Crippen LogP contribution < -0.4 is 0 Å². The minimum atomic E-state index is -4.54. The van der Waals surface area contributed by atoms with Crippen molar-refractivity contribution in [2.45, 2.75) is 63.2 Å². The molecule has 1 aliphatic carbocycles. The Bertz CT molecular complexity index is 1240. The number of nitrogens with zero attached hydrogens (tertiary/aromatic N) is 4. The van der Waals surface area contributed by atoms with Crippen molar-refractivity contribution in [1.82, 2.24) is 19.6 Å². The van der Waals surface area contributed by atoms with Crippen molar-refractivity contribution in [3.05, 3.63) is 64.0 Å². The highest BCUT2D eigenvalue weighted by molar-refractivity contribution is 8.03. The number of benzene rings is 1. The molecule has 1 fully saturated rings. The number of carbonyl (C=O) groups is 2. The van der Waals surface area contributed by atoms with E-state index in [2.05, 4.69) is 11.2 Å². The number of aryl methyl sites for hydroxylation is 2. The number of thioether (sulfide) groups is 1. The molecule has 0 spiro atoms. The third-order valence-electron chi connectivity index (χ3n) is 7.71. The van der Waals surface area contributed by atoms with Gasteiger partial charge in [-0.3, -0.25) is 9.48 Å². The molecule has 1 unspecified atom stereocenters. The van der Waals surface area contributed by atoms with E-state index in [9.17, 15) is 22.8 Å². The molecule has 0 saturated carbocycles. The summed E-state index contributed by atoms with van der Waals surface area (Å²) in [6, 6.07) is 9.07. The van der Waals surface area contributed by atoms with Gasteiger partial charge in [0.25, 0.3) is 0 Å². The Balaban J connectivity index is 1.13. The van der Waals surface area contributed by atoms with Crippen molar-refractivity contribution < 1.29 is 27.5 Å². The van der Waals surface area contributed by atoms with E-state index in [1.165, 1.54) is 12.5 Å². The van der Waals surface area contributed by atoms with Crippen LogP contribution in [0.2, 0.25) is 0 Å². The molecule has 7 nitrogen and oxygen atoms in total. The largest absolute Gasteiger partial charge is 0.453 e. The lowest BCUT2D eigenvalue weighted by Gasteiger charge is -2.37. The van der Waals surface area contributed by atoms with Gasteiger partial charge in [-0.15, -0.1) is 11.8 Å². The number of carbonyl (C=O) groups excluding carboxylic acids is 2. The molecule has 204 valence electrons. The van der Waals surface area contributed by atoms with Gasteiger partial charge in [-0.1, -0.05) is 24.3 Å². The lowest BCUT2D eigenvalue weighted by Crippen LogP contribution is -2.44. The smallest absolute Gasteiger partial charge is 0.435 e. The predicted octanol–water partition coefficient (Wildman–Crippen LogP) is 4.92. The Morgan fingerprint density at radius 2 is 1.89 bits per heavy atom. The van der Waals surface area contributed by atoms with Crippen LogP contribution in [0.1, 0.15) is 54.3 Å². The van der Waals surface area contributed by atoms with Gasteiger partial charge in [0.05, 0.1) is 5.37 Å². The van der Waals surface area contributed by atoms with Crippen molar-refractivity contribution in [3.63, 3.8) is 0 Å². The predicted molar refractivity (Wildman–Crippen MR) is 137 cm³/mol. The van der Waals surface area contributed by atoms with Crippen LogP contribution >= 0.6 is 11.8 Å². The maximum absolute atomic E-state index is 13.1. The molecule has 38 heavy (non-hydrogen) atoms. The maximum Gasteiger partial charge on any atom is 0.435 e. The summed E-state index contributed by atoms with van der Waals surface area (Å²) in [5.41, 5.74) is 2.19. The molecule has 3 heterocycles. The summed E-state index contributed by atoms with van der Waals surface area (Å²) in [5, 5.41) is 5.51. The van der Waals surface area contributed by atoms with E-state index in [0.717, 1.165) is 48.4 Å². The van der Waals surface area contributed by atoms with Gasteiger partial charge < -0.3 is 14.5 Å². The first kappa shape index (κ1) is 26.6. The number of likely N-dealkylation sites (tertiary alicyclic amines) is 1. The van der Waals surface area contributed by atoms with Crippen LogP contribution in [0, 0.1) is 12.8 Å². The number of rotatable bonds is 5. The number of likely N-dealkylation sites (N-methyl/N-ethyl adjacent to an activating group) is 1. The highest BCUT2D eigenvalue weighted by Crippen LogP contribution is 2.40. The Hall–Kier alpha value is -2.95. The number of hydrogen-bond acceptors (Lipinski definition) is 6. The zero-order valence-corrected chi connectivity index (χ0v) is 22.2. The van der Waals surface area contributed by atoms with Gasteiger partial charge in [0.2, 0.25) is 5.91 Å². The Kier molecular flexibility index (Phi) is 7.48. The molecule has 0 bridgehead atoms. The molecule has 2 aliphatic heterocycles. The van der Waals surface area contributed by atoms with E-state index >= 15 is 0 Å². The van der Waals surface area contributed by atoms with E-state index in [1.807, 2.05) is 35.6 Å². The van der Waals surface area contributed by atoms with Crippen LogP contribution in [-0.2, 0) is 33.5 Å². The minimum absolute atomic E-state index is 0.0659. The fourth-order valence-corrected chi connectivity index (χ4v) is 6.88. The number of aromatic nitrogens is 2. The van der Waals surface area contributed by atoms with E-state index in [-0.39, 0.29) is 35.8 Å². The molecule has 2 aromatic rings. The normalized spacial score (nSPS) is 22.3. The Labute approximate surface area is 224 Å². The number of piperidine rings is 1. The molecule has 0 N–H and O–H groups in total. The van der Waals surface area contributed by atoms with Gasteiger partial charge in [0, 0.05) is 31.2 Å². The third kappa shape index (κ3) is 5.43. The topological polar surface area (TPSA) is 67.7 Å². The summed E-state index contributed by atoms with van der Waals surface area (Å²) >= 11 is 1.60. The molecule has 1 saturated heterocycles. The van der Waals surface area contributed by atoms with Crippen LogP contribution in [-0.4, -0.2) is 57.0 Å². The number of ether oxygens (including phenoxy) is 1. The number of esters is 1. The van der Waals surface area contributed by atoms with E-state index < -0.39 is 11.9 Å². The molecule has 1 aromatic carbocycles. The number of fused-ring (bicyclic) bond motifs is 1. The molecule has 1 amide bonds. The van der Waals surface area contributed by atoms with Crippen molar-refractivity contribution in [1.29, 1.82) is 0 Å². The van der Waals surface area contributed by atoms with E-state index in [1.54, 1.807) is 16.7 Å². The van der Waals surface area contributed by atoms with Gasteiger partial charge in [0.15, 0.2) is 5.69 Å². The summed E-state index contributed by atoms with van der Waals surface area (Å²) in [6.07, 6.45) is -0.478. The molecule has 0 radical (unpaired) electrons. The molecular weight excluding hydrogens is 517 g/mol. The first-order valence-corrected chi connectivity index (χ1v) is 13.8. The molecular formula is C27H31F3N4O3S. The SMILES string of the molecule is Cc1cc(C(F)(F)F)nn1CC(=O)N1CCC([C@H]2SC=C(C(=O)OC3CCCc4ccccc43)N2C)CC1. The molecule has 3 aliphatic rings. The molecule has 5 rings (SSSR count). The summed E-state index contributed by atoms with van der Waals surface area (Å²) in [6.45, 7) is 2.32. The van der Waals surface area contributed by atoms with E-state index in [0.29, 0.717) is 24.5 Å². The van der Waals surface area contributed by atoms with Crippen molar-refractivity contribution in [3.8, 4) is 0 Å². The summed E-state index contributed by atoms with van der Waals surface area (Å²) in [7, 11) is 1.91. The van der Waals surface area contributed by atoms with Crippen LogP contribution in [0.3, 0.4) is 0 Å². The first-order valence-electron chi connectivity index (χ1n) is 12.9. The Morgan fingerprint density at radius 3 is 2.61 bits per heavy atom. The number of alkyl halides is 3. The zero-order valence-electron chi connectivity index (χ0n) is 21.4. The fourth-order valence-electron chi connectivity index (χ4n) is 5.56. The van der Waals surface area contributed by atoms with Gasteiger partial charge in [-0.2, -0.15) is 18.3 Å². The van der Waals surface area contributed by atoms with Crippen molar-refractivity contribution >= 4 is 23.6 Å². The molecule has 11 heteroatoms. The van der Waals surface area contributed by atoms with Crippen LogP contribution in [0.5, 0.6) is 0 Å². The van der Waals surface area contributed by atoms with Gasteiger partial charge in [-0.05, 0) is 62.1 Å². The lowest BCUT2D eigenvalue weighted by atomic mass is 9.89. The second kappa shape index (κ2) is 10.7. The summed E-state index contributed by atoms with van der Waals surface area (Å²) in [5.74, 6) is -0.301. The van der Waals surface area contributed by atoms with Crippen LogP contribution in [0.25, 0.3) is 0 Å². The Morgan fingerprint density at radius 1 is 1.16 bits per heavy atom. The average Bonchev–Trinajstić information content (AvgIpc) is 3.46. The minimum Gasteiger partial charge on any atom is -0.453 e. The number of halogens is 3. The van der Waals surface area contributed by atoms with Gasteiger partial charge in [0.1, 0.15) is 18.3 Å². The fraction of sp³-hybridized carbons (Fsp3) is 0.519. The van der Waals surface area contributed by atoms with Crippen LogP contribution in [0.15, 0.2) is 41.4 Å². The molecule has 2 atom stereocenters. The monoisotopic (exact) mass is 548 g/mol. The van der Waals surface area contributed by atoms with Gasteiger partial charge >= 0.3 is 12.1 Å². The first-order chi connectivity index (χ1) is 18.1. The summed E-state index contributed by atoms with van der Waals surface area (Å²) in [4.78, 5) is 29.5. The highest BCUT2D eigenvalue weighted by Gasteiger charge is 2.38. The van der Waals surface area contributed by atoms with Crippen molar-refractivity contribution in [2.24, 2.45) is 5.92 Å². The molecule has 1 aromatic heterocycles. The highest BCUT2D eigenvalue weighted by atomic mass is 32.2. The second-order valence-corrected chi connectivity index (χ2v) is 11.2. The maximum atomic E-state index is 13.1. The lowest BCUT2D eigenvalue weighted by molar-refractivity contribution is -0.147. The standard InChI is InChI=1S/C27H31F3N4O3S/c1-17-14-23(27(28,29)30)31-34(17)15-24(35)33-12-10-19(11-13-33)25-32(2)21(16-38-25)26(36)37-22-9-5-7-18-6-3-4-8-20(18)22/h3-4,6,8,14,16,19,22,25H,5,7,9-13,15H2,1-2H3/t22?,25-/m1/s1. The third-order valence-corrected chi connectivity index (χ3v) is 9.05. The van der Waals surface area contributed by atoms with Gasteiger partial charge in [-0.25, -0.2) is 4.79 Å². The van der Waals surface area contributed by atoms with Crippen LogP contribution in [0.4, 0.5) is 13.2 Å². The number of amides is 1.